The molecule has 2 N–H and O–H groups in total. The van der Waals surface area contributed by atoms with Crippen LogP contribution in [0.1, 0.15) is 17.3 Å². The summed E-state index contributed by atoms with van der Waals surface area (Å²) in [4.78, 5) is 22.9. The standard InChI is InChI=1S/C11H12N2O4/c1-3-16-10(14)6-4-5-7-9(8(6)12)17-11(15)13(7)2/h4-5H,3,12H2,1-2H3. The van der Waals surface area contributed by atoms with Gasteiger partial charge in [0.25, 0.3) is 0 Å². The lowest BCUT2D eigenvalue weighted by atomic mass is 10.1. The van der Waals surface area contributed by atoms with E-state index in [1.165, 1.54) is 10.6 Å². The summed E-state index contributed by atoms with van der Waals surface area (Å²) >= 11 is 0. The smallest absolute Gasteiger partial charge is 0.419 e. The summed E-state index contributed by atoms with van der Waals surface area (Å²) in [6, 6.07) is 3.12. The zero-order valence-corrected chi connectivity index (χ0v) is 9.52. The summed E-state index contributed by atoms with van der Waals surface area (Å²) < 4.78 is 11.1. The van der Waals surface area contributed by atoms with Crippen LogP contribution in [0.5, 0.6) is 0 Å². The minimum atomic E-state index is -0.529. The zero-order valence-electron chi connectivity index (χ0n) is 9.52. The van der Waals surface area contributed by atoms with E-state index in [1.54, 1.807) is 20.0 Å². The summed E-state index contributed by atoms with van der Waals surface area (Å²) in [6.07, 6.45) is 0. The summed E-state index contributed by atoms with van der Waals surface area (Å²) in [5.74, 6) is -1.05. The molecule has 0 aliphatic carbocycles. The Morgan fingerprint density at radius 1 is 1.53 bits per heavy atom. The average Bonchev–Trinajstić information content (AvgIpc) is 2.58. The van der Waals surface area contributed by atoms with Gasteiger partial charge in [-0.3, -0.25) is 4.57 Å². The van der Waals surface area contributed by atoms with Gasteiger partial charge in [0.2, 0.25) is 0 Å². The lowest BCUT2D eigenvalue weighted by Crippen LogP contribution is -2.09. The van der Waals surface area contributed by atoms with E-state index < -0.39 is 11.7 Å². The van der Waals surface area contributed by atoms with Crippen molar-refractivity contribution in [3.63, 3.8) is 0 Å². The van der Waals surface area contributed by atoms with Crippen molar-refractivity contribution in [2.75, 3.05) is 12.3 Å². The zero-order chi connectivity index (χ0) is 12.6. The van der Waals surface area contributed by atoms with E-state index >= 15 is 0 Å². The molecule has 0 saturated carbocycles. The fraction of sp³-hybridized carbons (Fsp3) is 0.273. The highest BCUT2D eigenvalue weighted by Gasteiger charge is 2.17. The minimum absolute atomic E-state index is 0.124. The average molecular weight is 236 g/mol. The van der Waals surface area contributed by atoms with Crippen LogP contribution in [0.4, 0.5) is 5.69 Å². The van der Waals surface area contributed by atoms with Crippen molar-refractivity contribution in [2.24, 2.45) is 7.05 Å². The van der Waals surface area contributed by atoms with Gasteiger partial charge in [0, 0.05) is 7.05 Å². The summed E-state index contributed by atoms with van der Waals surface area (Å²) in [5, 5.41) is 0. The van der Waals surface area contributed by atoms with Crippen LogP contribution in [-0.4, -0.2) is 17.1 Å². The first kappa shape index (κ1) is 11.3. The second kappa shape index (κ2) is 3.97. The van der Waals surface area contributed by atoms with Crippen molar-refractivity contribution in [1.29, 1.82) is 0 Å². The third kappa shape index (κ3) is 1.67. The number of oxazole rings is 1. The molecule has 0 saturated heterocycles. The second-order valence-corrected chi connectivity index (χ2v) is 3.52. The second-order valence-electron chi connectivity index (χ2n) is 3.52. The van der Waals surface area contributed by atoms with Crippen LogP contribution in [0, 0.1) is 0 Å². The van der Waals surface area contributed by atoms with Gasteiger partial charge in [-0.05, 0) is 19.1 Å². The van der Waals surface area contributed by atoms with Gasteiger partial charge in [-0.1, -0.05) is 0 Å². The molecule has 2 rings (SSSR count). The number of aromatic nitrogens is 1. The van der Waals surface area contributed by atoms with Crippen LogP contribution in [0.15, 0.2) is 21.3 Å². The molecule has 6 heteroatoms. The molecule has 6 nitrogen and oxygen atoms in total. The number of esters is 1. The highest BCUT2D eigenvalue weighted by molar-refractivity contribution is 6.02. The first-order valence-electron chi connectivity index (χ1n) is 5.11. The minimum Gasteiger partial charge on any atom is -0.462 e. The Kier molecular flexibility index (Phi) is 2.63. The van der Waals surface area contributed by atoms with Crippen LogP contribution in [0.2, 0.25) is 0 Å². The SMILES string of the molecule is CCOC(=O)c1ccc2c(oc(=O)n2C)c1N. The van der Waals surface area contributed by atoms with Crippen molar-refractivity contribution in [1.82, 2.24) is 4.57 Å². The van der Waals surface area contributed by atoms with Crippen molar-refractivity contribution in [2.45, 2.75) is 6.92 Å². The number of benzene rings is 1. The van der Waals surface area contributed by atoms with Gasteiger partial charge in [-0.25, -0.2) is 9.59 Å². The van der Waals surface area contributed by atoms with Crippen molar-refractivity contribution < 1.29 is 13.9 Å². The van der Waals surface area contributed by atoms with Gasteiger partial charge in [-0.15, -0.1) is 0 Å². The number of aryl methyl sites for hydroxylation is 1. The lowest BCUT2D eigenvalue weighted by molar-refractivity contribution is 0.0527. The van der Waals surface area contributed by atoms with Crippen LogP contribution < -0.4 is 11.5 Å². The molecule has 0 spiro atoms. The van der Waals surface area contributed by atoms with Gasteiger partial charge in [0.1, 0.15) is 0 Å². The fourth-order valence-corrected chi connectivity index (χ4v) is 1.60. The Bertz CT molecular complexity index is 639. The molecule has 0 radical (unpaired) electrons. The first-order valence-corrected chi connectivity index (χ1v) is 5.11. The highest BCUT2D eigenvalue weighted by atomic mass is 16.5. The molecule has 0 bridgehead atoms. The van der Waals surface area contributed by atoms with Crippen LogP contribution >= 0.6 is 0 Å². The normalized spacial score (nSPS) is 10.7. The number of nitrogens with two attached hydrogens (primary N) is 1. The molecule has 0 aliphatic rings. The number of carbonyl (C=O) groups excluding carboxylic acids is 1. The largest absolute Gasteiger partial charge is 0.462 e. The number of nitrogens with zero attached hydrogens (tertiary/aromatic N) is 1. The molecule has 1 heterocycles. The van der Waals surface area contributed by atoms with E-state index in [2.05, 4.69) is 0 Å². The van der Waals surface area contributed by atoms with E-state index in [0.29, 0.717) is 5.52 Å². The van der Waals surface area contributed by atoms with Crippen molar-refractivity contribution >= 4 is 22.8 Å². The summed E-state index contributed by atoms with van der Waals surface area (Å²) in [7, 11) is 1.57. The third-order valence-electron chi connectivity index (χ3n) is 2.50. The molecule has 0 atom stereocenters. The number of rotatable bonds is 2. The molecule has 1 aromatic heterocycles. The Morgan fingerprint density at radius 2 is 2.24 bits per heavy atom. The van der Waals surface area contributed by atoms with Gasteiger partial charge in [0.15, 0.2) is 5.58 Å². The molecule has 0 aliphatic heterocycles. The molecule has 0 unspecified atom stereocenters. The number of hydrogen-bond donors (Lipinski definition) is 1. The van der Waals surface area contributed by atoms with E-state index in [0.717, 1.165) is 0 Å². The number of carbonyl (C=O) groups is 1. The number of fused-ring (bicyclic) bond motifs is 1. The number of ether oxygens (including phenoxy) is 1. The molecule has 0 fully saturated rings. The number of nitrogen functional groups attached to an aromatic ring is 1. The molecule has 0 amide bonds. The van der Waals surface area contributed by atoms with Crippen LogP contribution in [-0.2, 0) is 11.8 Å². The predicted octanol–water partition coefficient (Wildman–Crippen LogP) is 0.890. The summed E-state index contributed by atoms with van der Waals surface area (Å²) in [6.45, 7) is 1.96. The molecule has 2 aromatic rings. The van der Waals surface area contributed by atoms with Gasteiger partial charge in [0.05, 0.1) is 23.4 Å². The Labute approximate surface area is 96.6 Å². The van der Waals surface area contributed by atoms with Gasteiger partial charge >= 0.3 is 11.7 Å². The van der Waals surface area contributed by atoms with Crippen LogP contribution in [0.3, 0.4) is 0 Å². The van der Waals surface area contributed by atoms with E-state index in [1.807, 2.05) is 0 Å². The Balaban J connectivity index is 2.66. The molecule has 90 valence electrons. The summed E-state index contributed by atoms with van der Waals surface area (Å²) in [5.41, 5.74) is 6.87. The fourth-order valence-electron chi connectivity index (χ4n) is 1.60. The predicted molar refractivity (Wildman–Crippen MR) is 61.8 cm³/mol. The first-order chi connectivity index (χ1) is 8.06. The molecule has 17 heavy (non-hydrogen) atoms. The topological polar surface area (TPSA) is 87.5 Å². The van der Waals surface area contributed by atoms with E-state index in [9.17, 15) is 9.59 Å². The molecular formula is C11H12N2O4. The molecule has 1 aromatic carbocycles. The van der Waals surface area contributed by atoms with Crippen LogP contribution in [0.25, 0.3) is 11.1 Å². The molecular weight excluding hydrogens is 224 g/mol. The maximum Gasteiger partial charge on any atom is 0.419 e. The number of hydrogen-bond acceptors (Lipinski definition) is 5. The number of anilines is 1. The maximum absolute atomic E-state index is 11.6. The van der Waals surface area contributed by atoms with Crippen molar-refractivity contribution in [3.05, 3.63) is 28.2 Å². The quantitative estimate of drug-likeness (QED) is 0.618. The Hall–Kier alpha value is -2.24. The van der Waals surface area contributed by atoms with Gasteiger partial charge < -0.3 is 14.9 Å². The van der Waals surface area contributed by atoms with Crippen molar-refractivity contribution in [3.8, 4) is 0 Å². The highest BCUT2D eigenvalue weighted by Crippen LogP contribution is 2.24. The Morgan fingerprint density at radius 3 is 2.88 bits per heavy atom. The van der Waals surface area contributed by atoms with Gasteiger partial charge in [-0.2, -0.15) is 0 Å². The third-order valence-corrected chi connectivity index (χ3v) is 2.50. The van der Waals surface area contributed by atoms with E-state index in [-0.39, 0.29) is 23.4 Å². The van der Waals surface area contributed by atoms with E-state index in [4.69, 9.17) is 14.9 Å². The monoisotopic (exact) mass is 236 g/mol. The maximum atomic E-state index is 11.6. The lowest BCUT2D eigenvalue weighted by Gasteiger charge is -2.04.